The summed E-state index contributed by atoms with van der Waals surface area (Å²) < 4.78 is 0. The van der Waals surface area contributed by atoms with Crippen LogP contribution in [0.25, 0.3) is 0 Å². The van der Waals surface area contributed by atoms with Crippen molar-refractivity contribution in [3.05, 3.63) is 65.7 Å². The summed E-state index contributed by atoms with van der Waals surface area (Å²) in [7, 11) is 2.09. The number of amides is 1. The average Bonchev–Trinajstić information content (AvgIpc) is 3.09. The highest BCUT2D eigenvalue weighted by Crippen LogP contribution is 2.14. The van der Waals surface area contributed by atoms with Gasteiger partial charge in [-0.3, -0.25) is 4.79 Å². The first-order valence-electron chi connectivity index (χ1n) is 9.73. The highest BCUT2D eigenvalue weighted by Gasteiger charge is 2.28. The van der Waals surface area contributed by atoms with Crippen molar-refractivity contribution in [3.8, 4) is 0 Å². The lowest BCUT2D eigenvalue weighted by Gasteiger charge is -2.17. The van der Waals surface area contributed by atoms with Gasteiger partial charge in [-0.2, -0.15) is 0 Å². The number of hydrogen-bond acceptors (Lipinski definition) is 2. The maximum Gasteiger partial charge on any atom is 0.275 e. The third-order valence-corrected chi connectivity index (χ3v) is 5.91. The first kappa shape index (κ1) is 19.9. The van der Waals surface area contributed by atoms with Crippen LogP contribution in [-0.4, -0.2) is 44.9 Å². The zero-order chi connectivity index (χ0) is 19.1. The van der Waals surface area contributed by atoms with Crippen LogP contribution in [0, 0.1) is 0 Å². The van der Waals surface area contributed by atoms with Gasteiger partial charge in [-0.05, 0) is 18.4 Å². The molecule has 0 aromatic heterocycles. The Bertz CT molecular complexity index is 720. The lowest BCUT2D eigenvalue weighted by molar-refractivity contribution is -0.901. The molecule has 1 aliphatic heterocycles. The molecule has 0 aliphatic carbocycles. The molecule has 1 saturated heterocycles. The van der Waals surface area contributed by atoms with Crippen LogP contribution >= 0.6 is 11.8 Å². The molecule has 144 valence electrons. The molecule has 3 atom stereocenters. The van der Waals surface area contributed by atoms with E-state index in [4.69, 9.17) is 0 Å². The number of nitrogens with one attached hydrogen (secondary N) is 3. The molecule has 3 rings (SSSR count). The van der Waals surface area contributed by atoms with E-state index in [1.807, 2.05) is 0 Å². The molecule has 5 heteroatoms. The molecule has 1 aliphatic rings. The Kier molecular flexibility index (Phi) is 7.33. The summed E-state index contributed by atoms with van der Waals surface area (Å²) in [6.45, 7) is 4.59. The zero-order valence-corrected chi connectivity index (χ0v) is 17.1. The smallest absolute Gasteiger partial charge is 0.275 e. The molecular weight excluding hydrogens is 354 g/mol. The number of likely N-dealkylation sites (tertiary alicyclic amines) is 1. The predicted molar refractivity (Wildman–Crippen MR) is 111 cm³/mol. The highest BCUT2D eigenvalue weighted by molar-refractivity contribution is 7.98. The third-order valence-electron chi connectivity index (χ3n) is 5.17. The largest absolute Gasteiger partial charge is 0.343 e. The topological polar surface area (TPSA) is 38.0 Å². The molecule has 0 bridgehead atoms. The van der Waals surface area contributed by atoms with Gasteiger partial charge in [0.1, 0.15) is 13.1 Å². The number of thioether (sulfide) groups is 1. The van der Waals surface area contributed by atoms with Gasteiger partial charge in [-0.1, -0.05) is 42.5 Å². The predicted octanol–water partition coefficient (Wildman–Crippen LogP) is 0.397. The van der Waals surface area contributed by atoms with Crippen molar-refractivity contribution >= 4 is 17.7 Å². The van der Waals surface area contributed by atoms with Crippen LogP contribution in [0.3, 0.4) is 0 Å². The van der Waals surface area contributed by atoms with Crippen LogP contribution < -0.4 is 15.1 Å². The molecular formula is C22H31N3OS+2. The molecule has 1 fully saturated rings. The number of likely N-dealkylation sites (N-methyl/N-ethyl adjacent to an activating group) is 1. The second kappa shape index (κ2) is 9.93. The van der Waals surface area contributed by atoms with E-state index in [0.717, 1.165) is 32.6 Å². The molecule has 2 aromatic carbocycles. The van der Waals surface area contributed by atoms with Gasteiger partial charge < -0.3 is 15.1 Å². The van der Waals surface area contributed by atoms with Gasteiger partial charge in [0.15, 0.2) is 6.54 Å². The standard InChI is InChI=1S/C22H29N3OS/c1-24(14-19-8-10-21(27-2)11-9-19)17-22(26)23-20-12-13-25(16-20)15-18-6-4-3-5-7-18/h3-11,20H,12-17H2,1-2H3,(H,23,26)/p+2/t20-/m1/s1. The monoisotopic (exact) mass is 385 g/mol. The van der Waals surface area contributed by atoms with Crippen molar-refractivity contribution in [3.63, 3.8) is 0 Å². The van der Waals surface area contributed by atoms with Crippen molar-refractivity contribution in [1.29, 1.82) is 0 Å². The quantitative estimate of drug-likeness (QED) is 0.576. The zero-order valence-electron chi connectivity index (χ0n) is 16.3. The molecule has 1 amide bonds. The number of rotatable bonds is 8. The van der Waals surface area contributed by atoms with E-state index in [1.165, 1.54) is 20.9 Å². The fourth-order valence-electron chi connectivity index (χ4n) is 3.81. The van der Waals surface area contributed by atoms with Gasteiger partial charge in [-0.15, -0.1) is 11.8 Å². The summed E-state index contributed by atoms with van der Waals surface area (Å²) in [5.74, 6) is 0.166. The lowest BCUT2D eigenvalue weighted by atomic mass is 10.2. The molecule has 4 nitrogen and oxygen atoms in total. The summed E-state index contributed by atoms with van der Waals surface area (Å²) in [6, 6.07) is 19.5. The van der Waals surface area contributed by atoms with Crippen molar-refractivity contribution in [2.75, 3.05) is 32.9 Å². The number of hydrogen-bond donors (Lipinski definition) is 3. The van der Waals surface area contributed by atoms with E-state index < -0.39 is 0 Å². The Morgan fingerprint density at radius 2 is 1.89 bits per heavy atom. The average molecular weight is 386 g/mol. The first-order valence-corrected chi connectivity index (χ1v) is 11.0. The molecule has 0 spiro atoms. The van der Waals surface area contributed by atoms with Crippen LogP contribution in [0.1, 0.15) is 17.5 Å². The summed E-state index contributed by atoms with van der Waals surface area (Å²) in [4.78, 5) is 16.5. The molecule has 2 aromatic rings. The van der Waals surface area contributed by atoms with Crippen LogP contribution in [-0.2, 0) is 17.9 Å². The first-order chi connectivity index (χ1) is 13.1. The van der Waals surface area contributed by atoms with E-state index in [9.17, 15) is 4.79 Å². The summed E-state index contributed by atoms with van der Waals surface area (Å²) in [5.41, 5.74) is 2.65. The molecule has 1 heterocycles. The second-order valence-electron chi connectivity index (χ2n) is 7.58. The van der Waals surface area contributed by atoms with Crippen molar-refractivity contribution in [2.45, 2.75) is 30.4 Å². The summed E-state index contributed by atoms with van der Waals surface area (Å²) in [6.07, 6.45) is 3.16. The van der Waals surface area contributed by atoms with Gasteiger partial charge in [0, 0.05) is 22.4 Å². The normalized spacial score (nSPS) is 20.4. The lowest BCUT2D eigenvalue weighted by Crippen LogP contribution is -3.09. The minimum Gasteiger partial charge on any atom is -0.343 e. The molecule has 3 N–H and O–H groups in total. The van der Waals surface area contributed by atoms with Gasteiger partial charge in [-0.25, -0.2) is 0 Å². The Morgan fingerprint density at radius 1 is 1.15 bits per heavy atom. The minimum absolute atomic E-state index is 0.166. The number of carbonyl (C=O) groups excluding carboxylic acids is 1. The van der Waals surface area contributed by atoms with Crippen LogP contribution in [0.4, 0.5) is 0 Å². The molecule has 27 heavy (non-hydrogen) atoms. The Balaban J connectivity index is 1.39. The molecule has 0 saturated carbocycles. The molecule has 2 unspecified atom stereocenters. The van der Waals surface area contributed by atoms with E-state index in [2.05, 4.69) is 73.2 Å². The van der Waals surface area contributed by atoms with Crippen molar-refractivity contribution < 1.29 is 14.6 Å². The van der Waals surface area contributed by atoms with Gasteiger partial charge >= 0.3 is 0 Å². The van der Waals surface area contributed by atoms with Crippen LogP contribution in [0.15, 0.2) is 59.5 Å². The van der Waals surface area contributed by atoms with E-state index in [-0.39, 0.29) is 5.91 Å². The second-order valence-corrected chi connectivity index (χ2v) is 8.46. The van der Waals surface area contributed by atoms with Crippen molar-refractivity contribution in [1.82, 2.24) is 5.32 Å². The number of quaternary nitrogens is 2. The maximum absolute atomic E-state index is 12.4. The highest BCUT2D eigenvalue weighted by atomic mass is 32.2. The summed E-state index contributed by atoms with van der Waals surface area (Å²) >= 11 is 1.75. The Morgan fingerprint density at radius 3 is 2.59 bits per heavy atom. The SMILES string of the molecule is CSc1ccc(C[NH+](C)CC(=O)N[C@@H]2CC[NH+](Cc3ccccc3)C2)cc1. The fraction of sp³-hybridized carbons (Fsp3) is 0.409. The Labute approximate surface area is 166 Å². The van der Waals surface area contributed by atoms with Crippen LogP contribution in [0.2, 0.25) is 0 Å². The molecule has 0 radical (unpaired) electrons. The number of carbonyl (C=O) groups is 1. The van der Waals surface area contributed by atoms with Crippen LogP contribution in [0.5, 0.6) is 0 Å². The maximum atomic E-state index is 12.4. The Hall–Kier alpha value is -1.82. The van der Waals surface area contributed by atoms with E-state index >= 15 is 0 Å². The minimum atomic E-state index is 0.166. The third kappa shape index (κ3) is 6.38. The number of benzene rings is 2. The summed E-state index contributed by atoms with van der Waals surface area (Å²) in [5, 5.41) is 3.25. The van der Waals surface area contributed by atoms with E-state index in [0.29, 0.717) is 12.6 Å². The van der Waals surface area contributed by atoms with Crippen molar-refractivity contribution in [2.24, 2.45) is 0 Å². The van der Waals surface area contributed by atoms with E-state index in [1.54, 1.807) is 16.7 Å². The van der Waals surface area contributed by atoms with Gasteiger partial charge in [0.25, 0.3) is 5.91 Å². The van der Waals surface area contributed by atoms with Gasteiger partial charge in [0.05, 0.1) is 26.2 Å². The fourth-order valence-corrected chi connectivity index (χ4v) is 4.21. The van der Waals surface area contributed by atoms with Gasteiger partial charge in [0.2, 0.25) is 0 Å².